The quantitative estimate of drug-likeness (QED) is 0.319. The van der Waals surface area contributed by atoms with Crippen molar-refractivity contribution in [2.45, 2.75) is 19.8 Å². The van der Waals surface area contributed by atoms with Crippen LogP contribution in [0.25, 0.3) is 0 Å². The van der Waals surface area contributed by atoms with Crippen LogP contribution in [-0.2, 0) is 14.4 Å². The van der Waals surface area contributed by atoms with Crippen molar-refractivity contribution in [1.29, 1.82) is 0 Å². The number of rotatable bonds is 0. The van der Waals surface area contributed by atoms with Crippen molar-refractivity contribution in [3.8, 4) is 0 Å². The topological polar surface area (TPSA) is 119 Å². The zero-order valence-corrected chi connectivity index (χ0v) is 10.3. The zero-order chi connectivity index (χ0) is 14.0. The third-order valence-corrected chi connectivity index (χ3v) is 1.98. The Morgan fingerprint density at radius 2 is 1.33 bits per heavy atom. The molecular weight excluding hydrogens is 242 g/mol. The molecule has 4 N–H and O–H groups in total. The van der Waals surface area contributed by atoms with Gasteiger partial charge >= 0.3 is 0 Å². The van der Waals surface area contributed by atoms with Gasteiger partial charge in [0.25, 0.3) is 17.8 Å². The molecule has 2 aliphatic heterocycles. The Balaban J connectivity index is 0.000000257. The van der Waals surface area contributed by atoms with Crippen molar-refractivity contribution in [1.82, 2.24) is 15.7 Å². The average Bonchev–Trinajstić information content (AvgIpc) is 2.63. The first-order chi connectivity index (χ1) is 8.45. The first kappa shape index (κ1) is 16.5. The van der Waals surface area contributed by atoms with Crippen molar-refractivity contribution < 1.29 is 24.7 Å². The van der Waals surface area contributed by atoms with E-state index in [0.29, 0.717) is 0 Å². The van der Waals surface area contributed by atoms with Gasteiger partial charge in [-0.25, -0.2) is 0 Å². The molecule has 2 amide bonds. The molecule has 0 aliphatic carbocycles. The first-order valence-corrected chi connectivity index (χ1v) is 5.60. The van der Waals surface area contributed by atoms with Crippen LogP contribution in [0.4, 0.5) is 0 Å². The zero-order valence-electron chi connectivity index (χ0n) is 10.3. The van der Waals surface area contributed by atoms with Gasteiger partial charge in [-0.3, -0.25) is 19.6 Å². The van der Waals surface area contributed by atoms with Gasteiger partial charge < -0.3 is 15.7 Å². The number of hydrogen-bond donors (Lipinski definition) is 4. The summed E-state index contributed by atoms with van der Waals surface area (Å²) in [5.41, 5.74) is 0. The van der Waals surface area contributed by atoms with E-state index in [1.54, 1.807) is 0 Å². The lowest BCUT2D eigenvalue weighted by molar-refractivity contribution is -0.171. The van der Waals surface area contributed by atoms with Crippen molar-refractivity contribution >= 4 is 17.8 Å². The van der Waals surface area contributed by atoms with Gasteiger partial charge in [0.05, 0.1) is 0 Å². The fourth-order valence-electron chi connectivity index (χ4n) is 1.17. The molecule has 0 aromatic carbocycles. The number of nitrogens with zero attached hydrogens (tertiary/aromatic N) is 1. The van der Waals surface area contributed by atoms with Crippen LogP contribution in [0.15, 0.2) is 0 Å². The second-order valence-corrected chi connectivity index (χ2v) is 3.62. The monoisotopic (exact) mass is 261 g/mol. The Labute approximate surface area is 105 Å². The molecule has 104 valence electrons. The maximum absolute atomic E-state index is 10.2. The maximum atomic E-state index is 10.2. The molecular formula is C10H19N3O5. The van der Waals surface area contributed by atoms with Crippen molar-refractivity contribution in [3.63, 3.8) is 0 Å². The van der Waals surface area contributed by atoms with Crippen LogP contribution in [0.3, 0.4) is 0 Å². The largest absolute Gasteiger partial charge is 0.481 e. The summed E-state index contributed by atoms with van der Waals surface area (Å²) in [6.07, 6.45) is 0.296. The summed E-state index contributed by atoms with van der Waals surface area (Å²) in [4.78, 5) is 29.5. The Morgan fingerprint density at radius 1 is 1.06 bits per heavy atom. The first-order valence-electron chi connectivity index (χ1n) is 5.60. The van der Waals surface area contributed by atoms with Gasteiger partial charge in [-0.15, -0.1) is 0 Å². The lowest BCUT2D eigenvalue weighted by Gasteiger charge is -2.11. The number of hydroxylamine groups is 2. The highest BCUT2D eigenvalue weighted by atomic mass is 16.5. The molecule has 8 heteroatoms. The minimum Gasteiger partial charge on any atom is -0.481 e. The van der Waals surface area contributed by atoms with E-state index >= 15 is 0 Å². The Hall–Kier alpha value is -1.51. The standard InChI is InChI=1S/C4H10N2.C4H5NO3.C2H4O2/c1-2-6-4-3-5-1;6-3-1-2-4(7)5(3)8;1-2(3)4/h5-6H,1-4H2;8H,1-2H2;1H3,(H,3,4). The lowest BCUT2D eigenvalue weighted by Crippen LogP contribution is -2.39. The van der Waals surface area contributed by atoms with E-state index in [4.69, 9.17) is 15.1 Å². The fraction of sp³-hybridized carbons (Fsp3) is 0.700. The number of imide groups is 1. The number of amides is 2. The molecule has 0 radical (unpaired) electrons. The average molecular weight is 261 g/mol. The summed E-state index contributed by atoms with van der Waals surface area (Å²) >= 11 is 0. The minimum absolute atomic E-state index is 0.148. The number of hydrogen-bond acceptors (Lipinski definition) is 6. The van der Waals surface area contributed by atoms with Gasteiger partial charge in [0.1, 0.15) is 0 Å². The van der Waals surface area contributed by atoms with E-state index in [1.807, 2.05) is 0 Å². The van der Waals surface area contributed by atoms with Gasteiger partial charge in [0.15, 0.2) is 0 Å². The van der Waals surface area contributed by atoms with E-state index < -0.39 is 17.8 Å². The van der Waals surface area contributed by atoms with Gasteiger partial charge in [0.2, 0.25) is 0 Å². The van der Waals surface area contributed by atoms with Crippen molar-refractivity contribution in [2.75, 3.05) is 26.2 Å². The van der Waals surface area contributed by atoms with Gasteiger partial charge in [-0.05, 0) is 0 Å². The maximum Gasteiger partial charge on any atom is 0.300 e. The van der Waals surface area contributed by atoms with Crippen LogP contribution in [0.1, 0.15) is 19.8 Å². The van der Waals surface area contributed by atoms with Crippen molar-refractivity contribution in [3.05, 3.63) is 0 Å². The molecule has 0 aromatic heterocycles. The summed E-state index contributed by atoms with van der Waals surface area (Å²) in [5, 5.41) is 22.4. The molecule has 0 spiro atoms. The van der Waals surface area contributed by atoms with Crippen LogP contribution in [0.2, 0.25) is 0 Å². The summed E-state index contributed by atoms with van der Waals surface area (Å²) in [7, 11) is 0. The molecule has 0 aromatic rings. The van der Waals surface area contributed by atoms with Crippen LogP contribution in [-0.4, -0.2) is 59.3 Å². The molecule has 2 aliphatic rings. The van der Waals surface area contributed by atoms with Crippen LogP contribution >= 0.6 is 0 Å². The molecule has 2 heterocycles. The Kier molecular flexibility index (Phi) is 8.71. The molecule has 8 nitrogen and oxygen atoms in total. The Morgan fingerprint density at radius 3 is 1.44 bits per heavy atom. The van der Waals surface area contributed by atoms with E-state index in [-0.39, 0.29) is 17.9 Å². The highest BCUT2D eigenvalue weighted by Crippen LogP contribution is 2.06. The smallest absolute Gasteiger partial charge is 0.300 e. The molecule has 18 heavy (non-hydrogen) atoms. The van der Waals surface area contributed by atoms with E-state index in [1.165, 1.54) is 0 Å². The van der Waals surface area contributed by atoms with Crippen LogP contribution in [0.5, 0.6) is 0 Å². The predicted molar refractivity (Wildman–Crippen MR) is 61.9 cm³/mol. The number of piperazine rings is 1. The second-order valence-electron chi connectivity index (χ2n) is 3.62. The molecule has 2 rings (SSSR count). The number of carbonyl (C=O) groups excluding carboxylic acids is 2. The number of carboxylic acids is 1. The summed E-state index contributed by atoms with van der Waals surface area (Å²) in [6.45, 7) is 5.64. The lowest BCUT2D eigenvalue weighted by atomic mass is 10.4. The minimum atomic E-state index is -0.833. The molecule has 2 saturated heterocycles. The molecule has 0 bridgehead atoms. The number of aliphatic carboxylic acids is 1. The Bertz CT molecular complexity index is 260. The van der Waals surface area contributed by atoms with E-state index in [9.17, 15) is 9.59 Å². The SMILES string of the molecule is C1CNCCN1.CC(=O)O.O=C1CCC(=O)N1O. The molecule has 0 unspecified atom stereocenters. The fourth-order valence-corrected chi connectivity index (χ4v) is 1.17. The number of carboxylic acid groups (broad SMARTS) is 1. The van der Waals surface area contributed by atoms with Crippen LogP contribution < -0.4 is 10.6 Å². The van der Waals surface area contributed by atoms with Gasteiger partial charge in [0, 0.05) is 45.9 Å². The second kappa shape index (κ2) is 9.51. The number of carbonyl (C=O) groups is 3. The van der Waals surface area contributed by atoms with Gasteiger partial charge in [-0.2, -0.15) is 5.06 Å². The third-order valence-electron chi connectivity index (χ3n) is 1.98. The summed E-state index contributed by atoms with van der Waals surface area (Å²) in [6, 6.07) is 0. The molecule has 0 atom stereocenters. The highest BCUT2D eigenvalue weighted by Gasteiger charge is 2.26. The molecule has 2 fully saturated rings. The van der Waals surface area contributed by atoms with Gasteiger partial charge in [-0.1, -0.05) is 0 Å². The van der Waals surface area contributed by atoms with Crippen LogP contribution in [0, 0.1) is 0 Å². The highest BCUT2D eigenvalue weighted by molar-refractivity contribution is 6.00. The third kappa shape index (κ3) is 8.62. The predicted octanol–water partition coefficient (Wildman–Crippen LogP) is -1.21. The van der Waals surface area contributed by atoms with E-state index in [2.05, 4.69) is 10.6 Å². The normalized spacial score (nSPS) is 18.4. The van der Waals surface area contributed by atoms with E-state index in [0.717, 1.165) is 33.1 Å². The van der Waals surface area contributed by atoms with Crippen molar-refractivity contribution in [2.24, 2.45) is 0 Å². The summed E-state index contributed by atoms with van der Waals surface area (Å²) < 4.78 is 0. The number of nitrogens with one attached hydrogen (secondary N) is 2. The molecule has 0 saturated carbocycles. The summed E-state index contributed by atoms with van der Waals surface area (Å²) in [5.74, 6) is -1.84.